The third kappa shape index (κ3) is 2.54. The molecule has 2 heterocycles. The number of fused-ring (bicyclic) bond motifs is 1. The van der Waals surface area contributed by atoms with E-state index < -0.39 is 0 Å². The molecule has 3 rings (SSSR count). The zero-order valence-corrected chi connectivity index (χ0v) is 10.9. The summed E-state index contributed by atoms with van der Waals surface area (Å²) in [7, 11) is 0. The summed E-state index contributed by atoms with van der Waals surface area (Å²) < 4.78 is 6.68. The molecule has 0 bridgehead atoms. The number of rotatable bonds is 3. The lowest BCUT2D eigenvalue weighted by Gasteiger charge is -2.08. The van der Waals surface area contributed by atoms with Gasteiger partial charge in [-0.25, -0.2) is 4.98 Å². The fraction of sp³-hybridized carbons (Fsp3) is 0.417. The lowest BCUT2D eigenvalue weighted by atomic mass is 10.2. The van der Waals surface area contributed by atoms with Gasteiger partial charge in [-0.15, -0.1) is 0 Å². The summed E-state index contributed by atoms with van der Waals surface area (Å²) in [5.74, 6) is 0. The van der Waals surface area contributed by atoms with E-state index in [9.17, 15) is 0 Å². The Labute approximate surface area is 109 Å². The zero-order valence-electron chi connectivity index (χ0n) is 9.28. The Morgan fingerprint density at radius 2 is 2.47 bits per heavy atom. The van der Waals surface area contributed by atoms with E-state index in [0.717, 1.165) is 39.9 Å². The molecule has 1 atom stereocenters. The molecule has 1 aromatic heterocycles. The summed E-state index contributed by atoms with van der Waals surface area (Å²) in [5.41, 5.74) is 0.995. The largest absolute Gasteiger partial charge is 0.376 e. The van der Waals surface area contributed by atoms with Crippen LogP contribution in [-0.4, -0.2) is 24.2 Å². The van der Waals surface area contributed by atoms with Crippen molar-refractivity contribution in [3.63, 3.8) is 0 Å². The number of nitrogens with zero attached hydrogens (tertiary/aromatic N) is 1. The van der Waals surface area contributed by atoms with E-state index in [1.165, 1.54) is 6.42 Å². The van der Waals surface area contributed by atoms with E-state index in [1.807, 2.05) is 18.2 Å². The quantitative estimate of drug-likeness (QED) is 0.925. The fourth-order valence-electron chi connectivity index (χ4n) is 1.98. The number of hydrogen-bond acceptors (Lipinski definition) is 4. The standard InChI is InChI=1S/C12H13ClN2OS/c13-8-3-4-10-11(6-8)17-12(15-10)14-7-9-2-1-5-16-9/h3-4,6,9H,1-2,5,7H2,(H,14,15)/t9-/m0/s1. The number of nitrogens with one attached hydrogen (secondary N) is 1. The lowest BCUT2D eigenvalue weighted by molar-refractivity contribution is 0.120. The Morgan fingerprint density at radius 1 is 1.53 bits per heavy atom. The Hall–Kier alpha value is -0.840. The molecular formula is C12H13ClN2OS. The van der Waals surface area contributed by atoms with Gasteiger partial charge in [-0.3, -0.25) is 0 Å². The SMILES string of the molecule is Clc1ccc2nc(NC[C@@H]3CCCO3)sc2c1. The molecule has 0 radical (unpaired) electrons. The van der Waals surface area contributed by atoms with Crippen molar-refractivity contribution in [2.45, 2.75) is 18.9 Å². The maximum absolute atomic E-state index is 5.95. The summed E-state index contributed by atoms with van der Waals surface area (Å²) in [4.78, 5) is 4.51. The topological polar surface area (TPSA) is 34.2 Å². The first kappa shape index (κ1) is 11.3. The monoisotopic (exact) mass is 268 g/mol. The van der Waals surface area contributed by atoms with Gasteiger partial charge in [0.1, 0.15) is 0 Å². The van der Waals surface area contributed by atoms with E-state index in [-0.39, 0.29) is 0 Å². The second kappa shape index (κ2) is 4.80. The van der Waals surface area contributed by atoms with Crippen molar-refractivity contribution in [2.24, 2.45) is 0 Å². The van der Waals surface area contributed by atoms with Crippen molar-refractivity contribution in [1.29, 1.82) is 0 Å². The van der Waals surface area contributed by atoms with Crippen LogP contribution in [0.2, 0.25) is 5.02 Å². The molecule has 0 spiro atoms. The van der Waals surface area contributed by atoms with Crippen LogP contribution in [0.25, 0.3) is 10.2 Å². The molecule has 0 aliphatic carbocycles. The molecule has 1 N–H and O–H groups in total. The summed E-state index contributed by atoms with van der Waals surface area (Å²) in [5, 5.41) is 5.03. The van der Waals surface area contributed by atoms with Gasteiger partial charge in [-0.1, -0.05) is 22.9 Å². The molecule has 0 amide bonds. The average Bonchev–Trinajstić information content (AvgIpc) is 2.94. The number of benzene rings is 1. The fourth-order valence-corrected chi connectivity index (χ4v) is 3.13. The Balaban J connectivity index is 1.72. The highest BCUT2D eigenvalue weighted by Gasteiger charge is 2.15. The summed E-state index contributed by atoms with van der Waals surface area (Å²) in [6, 6.07) is 5.77. The van der Waals surface area contributed by atoms with Gasteiger partial charge in [0.15, 0.2) is 5.13 Å². The van der Waals surface area contributed by atoms with Crippen molar-refractivity contribution in [2.75, 3.05) is 18.5 Å². The van der Waals surface area contributed by atoms with Crippen molar-refractivity contribution in [3.8, 4) is 0 Å². The minimum absolute atomic E-state index is 0.339. The normalized spacial score (nSPS) is 19.9. The maximum atomic E-state index is 5.95. The highest BCUT2D eigenvalue weighted by molar-refractivity contribution is 7.22. The first-order valence-electron chi connectivity index (χ1n) is 5.73. The first-order chi connectivity index (χ1) is 8.31. The van der Waals surface area contributed by atoms with Gasteiger partial charge in [0.2, 0.25) is 0 Å². The van der Waals surface area contributed by atoms with Crippen molar-refractivity contribution in [3.05, 3.63) is 23.2 Å². The molecular weight excluding hydrogens is 256 g/mol. The average molecular weight is 269 g/mol. The third-order valence-corrected chi connectivity index (χ3v) is 4.07. The molecule has 1 fully saturated rings. The van der Waals surface area contributed by atoms with E-state index in [2.05, 4.69) is 10.3 Å². The van der Waals surface area contributed by atoms with Gasteiger partial charge in [0.05, 0.1) is 16.3 Å². The highest BCUT2D eigenvalue weighted by Crippen LogP contribution is 2.28. The molecule has 17 heavy (non-hydrogen) atoms. The Morgan fingerprint density at radius 3 is 3.29 bits per heavy atom. The van der Waals surface area contributed by atoms with Gasteiger partial charge >= 0.3 is 0 Å². The number of aromatic nitrogens is 1. The molecule has 0 unspecified atom stereocenters. The molecule has 2 aromatic rings. The van der Waals surface area contributed by atoms with Gasteiger partial charge in [-0.2, -0.15) is 0 Å². The molecule has 1 aliphatic rings. The van der Waals surface area contributed by atoms with Gasteiger partial charge in [0.25, 0.3) is 0 Å². The van der Waals surface area contributed by atoms with Crippen LogP contribution < -0.4 is 5.32 Å². The van der Waals surface area contributed by atoms with Gasteiger partial charge in [-0.05, 0) is 31.0 Å². The molecule has 5 heteroatoms. The molecule has 1 aliphatic heterocycles. The molecule has 3 nitrogen and oxygen atoms in total. The number of ether oxygens (including phenoxy) is 1. The molecule has 1 saturated heterocycles. The lowest BCUT2D eigenvalue weighted by Crippen LogP contribution is -2.18. The number of anilines is 1. The van der Waals surface area contributed by atoms with Crippen LogP contribution in [0.5, 0.6) is 0 Å². The van der Waals surface area contributed by atoms with Gasteiger partial charge in [0, 0.05) is 18.2 Å². The zero-order chi connectivity index (χ0) is 11.7. The van der Waals surface area contributed by atoms with Crippen LogP contribution in [0.4, 0.5) is 5.13 Å². The van der Waals surface area contributed by atoms with Crippen LogP contribution in [0, 0.1) is 0 Å². The highest BCUT2D eigenvalue weighted by atomic mass is 35.5. The predicted octanol–water partition coefficient (Wildman–Crippen LogP) is 3.54. The Kier molecular flexibility index (Phi) is 3.18. The van der Waals surface area contributed by atoms with Crippen molar-refractivity contribution < 1.29 is 4.74 Å². The summed E-state index contributed by atoms with van der Waals surface area (Å²) in [6.45, 7) is 1.73. The molecule has 0 saturated carbocycles. The van der Waals surface area contributed by atoms with Crippen LogP contribution in [0.15, 0.2) is 18.2 Å². The minimum Gasteiger partial charge on any atom is -0.376 e. The van der Waals surface area contributed by atoms with Crippen LogP contribution in [0.3, 0.4) is 0 Å². The third-order valence-electron chi connectivity index (χ3n) is 2.86. The second-order valence-electron chi connectivity index (χ2n) is 4.15. The van der Waals surface area contributed by atoms with E-state index in [0.29, 0.717) is 6.10 Å². The number of thiazole rings is 1. The maximum Gasteiger partial charge on any atom is 0.183 e. The van der Waals surface area contributed by atoms with Crippen molar-refractivity contribution in [1.82, 2.24) is 4.98 Å². The minimum atomic E-state index is 0.339. The number of halogens is 1. The van der Waals surface area contributed by atoms with Crippen LogP contribution in [0.1, 0.15) is 12.8 Å². The smallest absolute Gasteiger partial charge is 0.183 e. The van der Waals surface area contributed by atoms with Crippen molar-refractivity contribution >= 4 is 38.3 Å². The predicted molar refractivity (Wildman–Crippen MR) is 72.1 cm³/mol. The van der Waals surface area contributed by atoms with Gasteiger partial charge < -0.3 is 10.1 Å². The second-order valence-corrected chi connectivity index (χ2v) is 5.61. The van der Waals surface area contributed by atoms with E-state index in [1.54, 1.807) is 11.3 Å². The Bertz CT molecular complexity index is 522. The van der Waals surface area contributed by atoms with E-state index in [4.69, 9.17) is 16.3 Å². The molecule has 90 valence electrons. The van der Waals surface area contributed by atoms with E-state index >= 15 is 0 Å². The first-order valence-corrected chi connectivity index (χ1v) is 6.92. The number of hydrogen-bond donors (Lipinski definition) is 1. The summed E-state index contributed by atoms with van der Waals surface area (Å²) in [6.07, 6.45) is 2.65. The van der Waals surface area contributed by atoms with Crippen LogP contribution >= 0.6 is 22.9 Å². The molecule has 1 aromatic carbocycles. The van der Waals surface area contributed by atoms with Crippen LogP contribution in [-0.2, 0) is 4.74 Å². The summed E-state index contributed by atoms with van der Waals surface area (Å²) >= 11 is 7.58.